The van der Waals surface area contributed by atoms with Crippen LogP contribution in [0.1, 0.15) is 24.0 Å². The zero-order chi connectivity index (χ0) is 16.4. The highest BCUT2D eigenvalue weighted by Gasteiger charge is 2.16. The predicted octanol–water partition coefficient (Wildman–Crippen LogP) is 5.20. The van der Waals surface area contributed by atoms with Crippen LogP contribution >= 0.6 is 11.6 Å². The summed E-state index contributed by atoms with van der Waals surface area (Å²) >= 11 is 6.00. The third-order valence-electron chi connectivity index (χ3n) is 4.88. The second-order valence-corrected chi connectivity index (χ2v) is 6.88. The molecule has 122 valence electrons. The third kappa shape index (κ3) is 3.26. The Morgan fingerprint density at radius 2 is 1.92 bits per heavy atom. The van der Waals surface area contributed by atoms with E-state index in [0.29, 0.717) is 6.04 Å². The van der Waals surface area contributed by atoms with Crippen molar-refractivity contribution in [2.45, 2.75) is 25.3 Å². The van der Waals surface area contributed by atoms with Gasteiger partial charge in [0, 0.05) is 34.7 Å². The molecule has 1 atom stereocenters. The van der Waals surface area contributed by atoms with Gasteiger partial charge in [0.25, 0.3) is 0 Å². The van der Waals surface area contributed by atoms with Gasteiger partial charge in [0.05, 0.1) is 0 Å². The van der Waals surface area contributed by atoms with Crippen molar-refractivity contribution in [1.29, 1.82) is 0 Å². The Hall–Kier alpha value is -2.03. The van der Waals surface area contributed by atoms with Crippen LogP contribution in [-0.2, 0) is 6.42 Å². The van der Waals surface area contributed by atoms with Gasteiger partial charge < -0.3 is 10.3 Å². The Morgan fingerprint density at radius 1 is 1.04 bits per heavy atom. The first-order valence-electron chi connectivity index (χ1n) is 8.53. The summed E-state index contributed by atoms with van der Waals surface area (Å²) in [4.78, 5) is 3.30. The van der Waals surface area contributed by atoms with E-state index in [1.165, 1.54) is 27.6 Å². The molecule has 0 spiro atoms. The van der Waals surface area contributed by atoms with Gasteiger partial charge in [-0.2, -0.15) is 0 Å². The molecule has 24 heavy (non-hydrogen) atoms. The molecule has 0 radical (unpaired) electrons. The average molecular weight is 337 g/mol. The molecule has 2 N–H and O–H groups in total. The van der Waals surface area contributed by atoms with Gasteiger partial charge >= 0.3 is 0 Å². The molecule has 1 aliphatic rings. The maximum Gasteiger partial charge on any atom is 0.0456 e. The maximum atomic E-state index is 6.00. The molecule has 1 aromatic heterocycles. The van der Waals surface area contributed by atoms with Crippen molar-refractivity contribution in [3.8, 4) is 0 Å². The monoisotopic (exact) mass is 336 g/mol. The van der Waals surface area contributed by atoms with Crippen LogP contribution in [0, 0.1) is 0 Å². The number of benzene rings is 2. The molecular formula is C21H21ClN2. The Balaban J connectivity index is 1.43. The van der Waals surface area contributed by atoms with E-state index in [4.69, 9.17) is 11.6 Å². The van der Waals surface area contributed by atoms with Crippen LogP contribution in [0.3, 0.4) is 0 Å². The zero-order valence-electron chi connectivity index (χ0n) is 13.6. The van der Waals surface area contributed by atoms with Gasteiger partial charge in [-0.25, -0.2) is 0 Å². The molecule has 0 amide bonds. The van der Waals surface area contributed by atoms with E-state index in [1.54, 1.807) is 0 Å². The summed E-state index contributed by atoms with van der Waals surface area (Å²) in [6, 6.07) is 17.4. The van der Waals surface area contributed by atoms with Crippen LogP contribution in [0.25, 0.3) is 16.5 Å². The first-order chi connectivity index (χ1) is 11.8. The van der Waals surface area contributed by atoms with Crippen molar-refractivity contribution in [1.82, 2.24) is 10.3 Å². The highest BCUT2D eigenvalue weighted by molar-refractivity contribution is 6.30. The smallest absolute Gasteiger partial charge is 0.0456 e. The molecule has 0 bridgehead atoms. The van der Waals surface area contributed by atoms with Crippen LogP contribution in [0.2, 0.25) is 5.02 Å². The van der Waals surface area contributed by atoms with E-state index < -0.39 is 0 Å². The van der Waals surface area contributed by atoms with Gasteiger partial charge in [0.15, 0.2) is 0 Å². The zero-order valence-corrected chi connectivity index (χ0v) is 14.3. The molecule has 0 saturated carbocycles. The quantitative estimate of drug-likeness (QED) is 0.673. The molecule has 0 saturated heterocycles. The standard InChI is InChI=1S/C21H21ClN2/c22-18-7-4-15(5-8-18)17-10-12-23-19(14-17)9-6-16-2-1-3-21-20(16)11-13-24-21/h1-5,7-8,10-11,13,19,23-24H,6,9,12,14H2. The molecule has 0 fully saturated rings. The Bertz CT molecular complexity index is 861. The molecule has 2 heterocycles. The normalized spacial score (nSPS) is 17.9. The summed E-state index contributed by atoms with van der Waals surface area (Å²) in [5, 5.41) is 5.78. The lowest BCUT2D eigenvalue weighted by Gasteiger charge is -2.25. The topological polar surface area (TPSA) is 27.8 Å². The van der Waals surface area contributed by atoms with Crippen molar-refractivity contribution in [3.63, 3.8) is 0 Å². The lowest BCUT2D eigenvalue weighted by Crippen LogP contribution is -2.33. The number of fused-ring (bicyclic) bond motifs is 1. The summed E-state index contributed by atoms with van der Waals surface area (Å²) in [6.45, 7) is 0.941. The largest absolute Gasteiger partial charge is 0.361 e. The number of hydrogen-bond acceptors (Lipinski definition) is 1. The van der Waals surface area contributed by atoms with Gasteiger partial charge in [0.1, 0.15) is 0 Å². The molecule has 0 aliphatic carbocycles. The molecule has 1 aliphatic heterocycles. The number of aryl methyl sites for hydroxylation is 1. The van der Waals surface area contributed by atoms with Crippen molar-refractivity contribution in [2.24, 2.45) is 0 Å². The van der Waals surface area contributed by atoms with Gasteiger partial charge in [0.2, 0.25) is 0 Å². The van der Waals surface area contributed by atoms with E-state index in [1.807, 2.05) is 18.3 Å². The molecule has 3 aromatic rings. The summed E-state index contributed by atoms with van der Waals surface area (Å²) < 4.78 is 0. The third-order valence-corrected chi connectivity index (χ3v) is 5.14. The molecule has 1 unspecified atom stereocenters. The summed E-state index contributed by atoms with van der Waals surface area (Å²) in [5.41, 5.74) is 5.37. The van der Waals surface area contributed by atoms with Crippen LogP contribution in [0.4, 0.5) is 0 Å². The fraction of sp³-hybridized carbons (Fsp3) is 0.238. The van der Waals surface area contributed by atoms with Crippen LogP contribution in [-0.4, -0.2) is 17.6 Å². The highest BCUT2D eigenvalue weighted by Crippen LogP contribution is 2.26. The highest BCUT2D eigenvalue weighted by atomic mass is 35.5. The Kier molecular flexibility index (Phi) is 4.42. The molecular weight excluding hydrogens is 316 g/mol. The van der Waals surface area contributed by atoms with Crippen molar-refractivity contribution in [3.05, 3.63) is 77.0 Å². The minimum atomic E-state index is 0.523. The Labute approximate surface area is 147 Å². The first kappa shape index (κ1) is 15.5. The summed E-state index contributed by atoms with van der Waals surface area (Å²) in [7, 11) is 0. The molecule has 2 aromatic carbocycles. The van der Waals surface area contributed by atoms with Crippen molar-refractivity contribution < 1.29 is 0 Å². The summed E-state index contributed by atoms with van der Waals surface area (Å²) in [5.74, 6) is 0. The maximum absolute atomic E-state index is 6.00. The van der Waals surface area contributed by atoms with Gasteiger partial charge in [-0.05, 0) is 60.2 Å². The van der Waals surface area contributed by atoms with E-state index in [9.17, 15) is 0 Å². The number of rotatable bonds is 4. The van der Waals surface area contributed by atoms with Crippen molar-refractivity contribution in [2.75, 3.05) is 6.54 Å². The van der Waals surface area contributed by atoms with E-state index in [2.05, 4.69) is 52.8 Å². The van der Waals surface area contributed by atoms with E-state index in [0.717, 1.165) is 30.8 Å². The van der Waals surface area contributed by atoms with E-state index >= 15 is 0 Å². The number of H-pyrrole nitrogens is 1. The van der Waals surface area contributed by atoms with Crippen LogP contribution in [0.5, 0.6) is 0 Å². The molecule has 4 rings (SSSR count). The second kappa shape index (κ2) is 6.84. The van der Waals surface area contributed by atoms with Gasteiger partial charge in [-0.15, -0.1) is 0 Å². The number of hydrogen-bond donors (Lipinski definition) is 2. The number of aromatic nitrogens is 1. The molecule has 3 heteroatoms. The number of aromatic amines is 1. The fourth-order valence-corrected chi connectivity index (χ4v) is 3.70. The van der Waals surface area contributed by atoms with E-state index in [-0.39, 0.29) is 0 Å². The fourth-order valence-electron chi connectivity index (χ4n) is 3.57. The van der Waals surface area contributed by atoms with Crippen LogP contribution < -0.4 is 5.32 Å². The second-order valence-electron chi connectivity index (χ2n) is 6.44. The van der Waals surface area contributed by atoms with Gasteiger partial charge in [-0.3, -0.25) is 0 Å². The van der Waals surface area contributed by atoms with Crippen LogP contribution in [0.15, 0.2) is 60.8 Å². The van der Waals surface area contributed by atoms with Crippen molar-refractivity contribution >= 4 is 28.1 Å². The SMILES string of the molecule is Clc1ccc(C2=CCNC(CCc3cccc4[nH]ccc34)C2)cc1. The average Bonchev–Trinajstić information content (AvgIpc) is 3.10. The predicted molar refractivity (Wildman–Crippen MR) is 102 cm³/mol. The number of halogens is 1. The minimum absolute atomic E-state index is 0.523. The first-order valence-corrected chi connectivity index (χ1v) is 8.91. The lowest BCUT2D eigenvalue weighted by molar-refractivity contribution is 0.502. The summed E-state index contributed by atoms with van der Waals surface area (Å²) in [6.07, 6.45) is 7.64. The number of nitrogens with one attached hydrogen (secondary N) is 2. The molecule has 2 nitrogen and oxygen atoms in total. The Morgan fingerprint density at radius 3 is 2.79 bits per heavy atom. The van der Waals surface area contributed by atoms with Gasteiger partial charge in [-0.1, -0.05) is 41.9 Å². The lowest BCUT2D eigenvalue weighted by atomic mass is 9.92. The minimum Gasteiger partial charge on any atom is -0.361 e.